The molecular weight excluding hydrogens is 298 g/mol. The van der Waals surface area contributed by atoms with Crippen LogP contribution in [0.4, 0.5) is 0 Å². The van der Waals surface area contributed by atoms with Gasteiger partial charge in [0.2, 0.25) is 5.91 Å². The molecule has 0 spiro atoms. The van der Waals surface area contributed by atoms with Crippen molar-refractivity contribution in [3.63, 3.8) is 0 Å². The lowest BCUT2D eigenvalue weighted by atomic mass is 10.2. The minimum Gasteiger partial charge on any atom is -0.389 e. The van der Waals surface area contributed by atoms with E-state index in [1.807, 2.05) is 24.3 Å². The van der Waals surface area contributed by atoms with Gasteiger partial charge in [0.15, 0.2) is 0 Å². The number of benzene rings is 1. The number of amides is 1. The first kappa shape index (κ1) is 15.6. The molecule has 1 aromatic carbocycles. The molecule has 0 aromatic heterocycles. The first-order valence-corrected chi connectivity index (χ1v) is 8.05. The summed E-state index contributed by atoms with van der Waals surface area (Å²) in [5.41, 5.74) is 1.03. The van der Waals surface area contributed by atoms with E-state index in [4.69, 9.17) is 16.3 Å². The highest BCUT2D eigenvalue weighted by Crippen LogP contribution is 2.21. The average Bonchev–Trinajstić information content (AvgIpc) is 2.65. The summed E-state index contributed by atoms with van der Waals surface area (Å²) < 4.78 is 5.21. The lowest BCUT2D eigenvalue weighted by Gasteiger charge is -2.21. The molecule has 1 saturated heterocycles. The largest absolute Gasteiger partial charge is 0.389 e. The summed E-state index contributed by atoms with van der Waals surface area (Å²) in [4.78, 5) is 13.7. The molecule has 0 aliphatic carbocycles. The maximum Gasteiger partial charge on any atom is 0.232 e. The Balaban J connectivity index is 1.78. The number of rotatable bonds is 4. The number of aliphatic hydroxyl groups excluding tert-OH is 1. The highest BCUT2D eigenvalue weighted by Gasteiger charge is 2.20. The summed E-state index contributed by atoms with van der Waals surface area (Å²) in [6, 6.07) is 7.64. The van der Waals surface area contributed by atoms with Crippen molar-refractivity contribution in [1.82, 2.24) is 4.90 Å². The molecule has 4 nitrogen and oxygen atoms in total. The van der Waals surface area contributed by atoms with E-state index < -0.39 is 6.10 Å². The lowest BCUT2D eigenvalue weighted by molar-refractivity contribution is -0.129. The van der Waals surface area contributed by atoms with Gasteiger partial charge in [-0.15, -0.1) is 11.8 Å². The van der Waals surface area contributed by atoms with Crippen molar-refractivity contribution in [2.24, 2.45) is 0 Å². The molecule has 110 valence electrons. The fourth-order valence-electron chi connectivity index (χ4n) is 1.97. The van der Waals surface area contributed by atoms with Crippen LogP contribution in [0, 0.1) is 0 Å². The number of carbonyl (C=O) groups excluding carboxylic acids is 1. The minimum atomic E-state index is -0.588. The SMILES string of the molecule is O=C(CSCc1ccccc1Cl)N1CCOC[C@@H](O)C1. The highest BCUT2D eigenvalue weighted by molar-refractivity contribution is 7.99. The van der Waals surface area contributed by atoms with Gasteiger partial charge in [0.25, 0.3) is 0 Å². The van der Waals surface area contributed by atoms with E-state index in [9.17, 15) is 9.90 Å². The van der Waals surface area contributed by atoms with E-state index in [0.717, 1.165) is 10.6 Å². The van der Waals surface area contributed by atoms with Crippen molar-refractivity contribution in [2.45, 2.75) is 11.9 Å². The summed E-state index contributed by atoms with van der Waals surface area (Å²) in [5, 5.41) is 10.3. The number of β-amino-alcohol motifs (C(OH)–C–C–N with tert-alkyl or cyclic N) is 1. The fourth-order valence-corrected chi connectivity index (χ4v) is 3.19. The third-order valence-electron chi connectivity index (χ3n) is 3.04. The zero-order valence-corrected chi connectivity index (χ0v) is 12.7. The number of carbonyl (C=O) groups is 1. The van der Waals surface area contributed by atoms with E-state index >= 15 is 0 Å². The second kappa shape index (κ2) is 7.88. The summed E-state index contributed by atoms with van der Waals surface area (Å²) in [7, 11) is 0. The predicted octanol–water partition coefficient (Wildman–Crippen LogP) is 1.79. The molecule has 1 amide bonds. The second-order valence-corrected chi connectivity index (χ2v) is 6.05. The molecule has 0 radical (unpaired) electrons. The van der Waals surface area contributed by atoms with Crippen LogP contribution in [0.3, 0.4) is 0 Å². The number of ether oxygens (including phenoxy) is 1. The first-order valence-electron chi connectivity index (χ1n) is 6.51. The first-order chi connectivity index (χ1) is 9.66. The van der Waals surface area contributed by atoms with Crippen LogP contribution in [0.1, 0.15) is 5.56 Å². The Kier molecular flexibility index (Phi) is 6.16. The van der Waals surface area contributed by atoms with Crippen LogP contribution in [-0.4, -0.2) is 54.1 Å². The van der Waals surface area contributed by atoms with Crippen LogP contribution in [0.2, 0.25) is 5.02 Å². The van der Waals surface area contributed by atoms with Crippen molar-refractivity contribution >= 4 is 29.3 Å². The smallest absolute Gasteiger partial charge is 0.232 e. The van der Waals surface area contributed by atoms with Gasteiger partial charge in [-0.3, -0.25) is 4.79 Å². The Bertz CT molecular complexity index is 458. The van der Waals surface area contributed by atoms with E-state index in [-0.39, 0.29) is 5.91 Å². The Morgan fingerprint density at radius 2 is 2.30 bits per heavy atom. The summed E-state index contributed by atoms with van der Waals surface area (Å²) >= 11 is 7.60. The highest BCUT2D eigenvalue weighted by atomic mass is 35.5. The minimum absolute atomic E-state index is 0.0339. The summed E-state index contributed by atoms with van der Waals surface area (Å²) in [6.07, 6.45) is -0.588. The van der Waals surface area contributed by atoms with Gasteiger partial charge in [0.05, 0.1) is 25.1 Å². The van der Waals surface area contributed by atoms with Gasteiger partial charge in [0, 0.05) is 23.9 Å². The van der Waals surface area contributed by atoms with Crippen molar-refractivity contribution in [1.29, 1.82) is 0 Å². The van der Waals surface area contributed by atoms with Crippen molar-refractivity contribution in [3.05, 3.63) is 34.9 Å². The Hall–Kier alpha value is -0.750. The molecule has 1 fully saturated rings. The monoisotopic (exact) mass is 315 g/mol. The van der Waals surface area contributed by atoms with Crippen LogP contribution >= 0.6 is 23.4 Å². The van der Waals surface area contributed by atoms with E-state index in [2.05, 4.69) is 0 Å². The van der Waals surface area contributed by atoms with Crippen LogP contribution in [0.25, 0.3) is 0 Å². The number of hydrogen-bond acceptors (Lipinski definition) is 4. The molecule has 1 aliphatic heterocycles. The maximum atomic E-state index is 12.1. The molecule has 1 atom stereocenters. The molecule has 1 aliphatic rings. The molecular formula is C14H18ClNO3S. The Morgan fingerprint density at radius 1 is 1.50 bits per heavy atom. The van der Waals surface area contributed by atoms with Gasteiger partial charge in [-0.25, -0.2) is 0 Å². The fraction of sp³-hybridized carbons (Fsp3) is 0.500. The molecule has 0 unspecified atom stereocenters. The Morgan fingerprint density at radius 3 is 3.10 bits per heavy atom. The van der Waals surface area contributed by atoms with Crippen molar-refractivity contribution in [2.75, 3.05) is 32.1 Å². The van der Waals surface area contributed by atoms with Gasteiger partial charge in [-0.05, 0) is 11.6 Å². The second-order valence-electron chi connectivity index (χ2n) is 4.65. The van der Waals surface area contributed by atoms with Gasteiger partial charge in [-0.1, -0.05) is 29.8 Å². The van der Waals surface area contributed by atoms with Gasteiger partial charge >= 0.3 is 0 Å². The molecule has 6 heteroatoms. The van der Waals surface area contributed by atoms with Crippen LogP contribution < -0.4 is 0 Å². The zero-order chi connectivity index (χ0) is 14.4. The normalized spacial score (nSPS) is 19.7. The van der Waals surface area contributed by atoms with Crippen LogP contribution in [0.15, 0.2) is 24.3 Å². The standard InChI is InChI=1S/C14H18ClNO3S/c15-13-4-2-1-3-11(13)9-20-10-14(18)16-5-6-19-8-12(17)7-16/h1-4,12,17H,5-10H2/t12-/m0/s1. The zero-order valence-electron chi connectivity index (χ0n) is 11.1. The average molecular weight is 316 g/mol. The van der Waals surface area contributed by atoms with Gasteiger partial charge in [0.1, 0.15) is 0 Å². The molecule has 0 saturated carbocycles. The quantitative estimate of drug-likeness (QED) is 0.920. The molecule has 1 aromatic rings. The Labute approximate surface area is 128 Å². The van der Waals surface area contributed by atoms with Crippen molar-refractivity contribution in [3.8, 4) is 0 Å². The van der Waals surface area contributed by atoms with Gasteiger partial charge < -0.3 is 14.7 Å². The molecule has 0 bridgehead atoms. The molecule has 1 heterocycles. The van der Waals surface area contributed by atoms with Crippen LogP contribution in [-0.2, 0) is 15.3 Å². The number of halogens is 1. The number of hydrogen-bond donors (Lipinski definition) is 1. The van der Waals surface area contributed by atoms with Crippen LogP contribution in [0.5, 0.6) is 0 Å². The summed E-state index contributed by atoms with van der Waals surface area (Å²) in [5.74, 6) is 1.13. The maximum absolute atomic E-state index is 12.1. The van der Waals surface area contributed by atoms with E-state index in [1.54, 1.807) is 4.90 Å². The topological polar surface area (TPSA) is 49.8 Å². The van der Waals surface area contributed by atoms with Crippen molar-refractivity contribution < 1.29 is 14.6 Å². The third kappa shape index (κ3) is 4.66. The number of aliphatic hydroxyl groups is 1. The van der Waals surface area contributed by atoms with E-state index in [1.165, 1.54) is 11.8 Å². The van der Waals surface area contributed by atoms with Gasteiger partial charge in [-0.2, -0.15) is 0 Å². The molecule has 20 heavy (non-hydrogen) atoms. The lowest BCUT2D eigenvalue weighted by Crippen LogP contribution is -2.38. The molecule has 1 N–H and O–H groups in total. The predicted molar refractivity (Wildman–Crippen MR) is 81.0 cm³/mol. The summed E-state index contributed by atoms with van der Waals surface area (Å²) in [6.45, 7) is 1.68. The number of nitrogens with zero attached hydrogens (tertiary/aromatic N) is 1. The molecule has 2 rings (SSSR count). The number of thioether (sulfide) groups is 1. The third-order valence-corrected chi connectivity index (χ3v) is 4.38. The van der Waals surface area contributed by atoms with E-state index in [0.29, 0.717) is 37.8 Å².